The van der Waals surface area contributed by atoms with Gasteiger partial charge in [0.2, 0.25) is 10.0 Å². The van der Waals surface area contributed by atoms with Crippen LogP contribution in [0.5, 0.6) is 0 Å². The average Bonchev–Trinajstić information content (AvgIpc) is 2.75. The maximum absolute atomic E-state index is 13.1. The van der Waals surface area contributed by atoms with Crippen LogP contribution in [0.15, 0.2) is 17.0 Å². The van der Waals surface area contributed by atoms with Crippen LogP contribution in [0.3, 0.4) is 0 Å². The van der Waals surface area contributed by atoms with Gasteiger partial charge in [0, 0.05) is 30.3 Å². The number of benzene rings is 1. The number of sulfonamides is 1. The molecule has 2 heterocycles. The number of nitro groups is 1. The molecule has 2 aliphatic rings. The molecule has 9 heteroatoms. The van der Waals surface area contributed by atoms with Crippen LogP contribution in [0.25, 0.3) is 0 Å². The van der Waals surface area contributed by atoms with Crippen molar-refractivity contribution in [1.29, 1.82) is 0 Å². The lowest BCUT2D eigenvalue weighted by molar-refractivity contribution is -0.385. The summed E-state index contributed by atoms with van der Waals surface area (Å²) in [7, 11) is -3.81. The molecule has 0 amide bonds. The highest BCUT2D eigenvalue weighted by molar-refractivity contribution is 7.89. The van der Waals surface area contributed by atoms with Crippen LogP contribution in [0.4, 0.5) is 5.69 Å². The van der Waals surface area contributed by atoms with Gasteiger partial charge in [-0.25, -0.2) is 8.42 Å². The van der Waals surface area contributed by atoms with Crippen LogP contribution in [0, 0.1) is 17.0 Å². The number of fused-ring (bicyclic) bond motifs is 2. The molecule has 2 unspecified atom stereocenters. The summed E-state index contributed by atoms with van der Waals surface area (Å²) in [4.78, 5) is 10.5. The zero-order valence-electron chi connectivity index (χ0n) is 12.7. The lowest BCUT2D eigenvalue weighted by Gasteiger charge is -2.27. The van der Waals surface area contributed by atoms with E-state index in [2.05, 4.69) is 5.32 Å². The Bertz CT molecular complexity index is 739. The summed E-state index contributed by atoms with van der Waals surface area (Å²) in [5.41, 5.74) is 0.00694. The van der Waals surface area contributed by atoms with E-state index in [1.807, 2.05) is 0 Å². The Labute approximate surface area is 139 Å². The number of hydrogen-bond donors (Lipinski definition) is 1. The molecule has 0 aromatic heterocycles. The molecule has 0 radical (unpaired) electrons. The van der Waals surface area contributed by atoms with Gasteiger partial charge in [-0.3, -0.25) is 10.1 Å². The van der Waals surface area contributed by atoms with Gasteiger partial charge in [0.1, 0.15) is 0 Å². The lowest BCUT2D eigenvalue weighted by Crippen LogP contribution is -2.42. The predicted octanol–water partition coefficient (Wildman–Crippen LogP) is 2.07. The van der Waals surface area contributed by atoms with E-state index < -0.39 is 14.9 Å². The van der Waals surface area contributed by atoms with Gasteiger partial charge in [-0.15, -0.1) is 0 Å². The second kappa shape index (κ2) is 6.01. The van der Waals surface area contributed by atoms with Crippen molar-refractivity contribution >= 4 is 27.3 Å². The molecule has 2 saturated heterocycles. The van der Waals surface area contributed by atoms with E-state index in [9.17, 15) is 18.5 Å². The number of nitrogens with zero attached hydrogens (tertiary/aromatic N) is 2. The largest absolute Gasteiger partial charge is 0.315 e. The van der Waals surface area contributed by atoms with E-state index in [1.54, 1.807) is 0 Å². The van der Waals surface area contributed by atoms with E-state index >= 15 is 0 Å². The molecule has 0 saturated carbocycles. The van der Waals surface area contributed by atoms with Gasteiger partial charge < -0.3 is 5.32 Å². The van der Waals surface area contributed by atoms with Crippen molar-refractivity contribution < 1.29 is 13.3 Å². The molecular weight excluding hydrogens is 342 g/mol. The molecule has 0 spiro atoms. The topological polar surface area (TPSA) is 92.6 Å². The van der Waals surface area contributed by atoms with Crippen LogP contribution in [-0.2, 0) is 10.0 Å². The fourth-order valence-corrected chi connectivity index (χ4v) is 5.66. The summed E-state index contributed by atoms with van der Waals surface area (Å²) < 4.78 is 27.6. The van der Waals surface area contributed by atoms with Crippen LogP contribution in [0.1, 0.15) is 24.8 Å². The highest BCUT2D eigenvalue weighted by Gasteiger charge is 2.43. The monoisotopic (exact) mass is 359 g/mol. The fourth-order valence-electron chi connectivity index (χ4n) is 3.43. The second-order valence-corrected chi connectivity index (χ2v) is 8.27. The van der Waals surface area contributed by atoms with E-state index in [-0.39, 0.29) is 33.3 Å². The summed E-state index contributed by atoms with van der Waals surface area (Å²) in [6.45, 7) is 2.90. The molecule has 126 valence electrons. The van der Waals surface area contributed by atoms with Crippen molar-refractivity contribution in [3.05, 3.63) is 32.8 Å². The quantitative estimate of drug-likeness (QED) is 0.658. The summed E-state index contributed by atoms with van der Waals surface area (Å²) in [5.74, 6) is 0. The molecule has 7 nitrogen and oxygen atoms in total. The van der Waals surface area contributed by atoms with Crippen molar-refractivity contribution in [3.63, 3.8) is 0 Å². The maximum Gasteiger partial charge on any atom is 0.275 e. The zero-order valence-corrected chi connectivity index (χ0v) is 14.2. The highest BCUT2D eigenvalue weighted by Crippen LogP contribution is 2.36. The molecule has 3 rings (SSSR count). The molecule has 1 aromatic carbocycles. The zero-order chi connectivity index (χ0) is 16.8. The van der Waals surface area contributed by atoms with Gasteiger partial charge in [-0.1, -0.05) is 11.6 Å². The van der Waals surface area contributed by atoms with Crippen molar-refractivity contribution in [3.8, 4) is 0 Å². The van der Waals surface area contributed by atoms with Crippen molar-refractivity contribution in [2.24, 2.45) is 0 Å². The lowest BCUT2D eigenvalue weighted by atomic mass is 10.1. The van der Waals surface area contributed by atoms with E-state index in [0.29, 0.717) is 6.54 Å². The fraction of sp³-hybridized carbons (Fsp3) is 0.571. The Morgan fingerprint density at radius 1 is 1.30 bits per heavy atom. The van der Waals surface area contributed by atoms with Crippen molar-refractivity contribution in [2.45, 2.75) is 43.2 Å². The van der Waals surface area contributed by atoms with Crippen LogP contribution >= 0.6 is 11.6 Å². The second-order valence-electron chi connectivity index (χ2n) is 6.02. The Morgan fingerprint density at radius 3 is 2.70 bits per heavy atom. The standard InChI is InChI=1S/C14H18ClN3O4S/c1-9-13(15)6-12(7-14(9)18(19)20)23(21,22)17-10-2-3-11(17)8-16-5-4-10/h6-7,10-11,16H,2-5,8H2,1H3. The predicted molar refractivity (Wildman–Crippen MR) is 86.2 cm³/mol. The summed E-state index contributed by atoms with van der Waals surface area (Å²) in [6.07, 6.45) is 2.38. The first-order valence-corrected chi connectivity index (χ1v) is 9.33. The third-order valence-corrected chi connectivity index (χ3v) is 7.03. The van der Waals surface area contributed by atoms with Crippen LogP contribution in [-0.4, -0.2) is 42.8 Å². The number of nitrogens with one attached hydrogen (secondary N) is 1. The highest BCUT2D eigenvalue weighted by atomic mass is 35.5. The Morgan fingerprint density at radius 2 is 2.00 bits per heavy atom. The number of hydrogen-bond acceptors (Lipinski definition) is 5. The maximum atomic E-state index is 13.1. The van der Waals surface area contributed by atoms with Gasteiger partial charge in [0.15, 0.2) is 0 Å². The van der Waals surface area contributed by atoms with Gasteiger partial charge in [-0.05, 0) is 38.8 Å². The molecule has 1 aromatic rings. The Hall–Kier alpha value is -1.22. The minimum Gasteiger partial charge on any atom is -0.315 e. The summed E-state index contributed by atoms with van der Waals surface area (Å²) >= 11 is 6.03. The van der Waals surface area contributed by atoms with Gasteiger partial charge >= 0.3 is 0 Å². The molecular formula is C14H18ClN3O4S. The SMILES string of the molecule is Cc1c(Cl)cc(S(=O)(=O)N2C3CCNCC2CC3)cc1[N+](=O)[O-]. The molecule has 2 bridgehead atoms. The van der Waals surface area contributed by atoms with Crippen molar-refractivity contribution in [2.75, 3.05) is 13.1 Å². The first-order chi connectivity index (χ1) is 10.8. The van der Waals surface area contributed by atoms with E-state index in [0.717, 1.165) is 31.9 Å². The van der Waals surface area contributed by atoms with Gasteiger partial charge in [0.05, 0.1) is 14.8 Å². The number of rotatable bonds is 3. The van der Waals surface area contributed by atoms with Crippen LogP contribution in [0.2, 0.25) is 5.02 Å². The molecule has 2 fully saturated rings. The average molecular weight is 360 g/mol. The Balaban J connectivity index is 2.08. The van der Waals surface area contributed by atoms with Gasteiger partial charge in [0.25, 0.3) is 5.69 Å². The van der Waals surface area contributed by atoms with Crippen molar-refractivity contribution in [1.82, 2.24) is 9.62 Å². The van der Waals surface area contributed by atoms with Crippen LogP contribution < -0.4 is 5.32 Å². The minimum absolute atomic E-state index is 0.0564. The minimum atomic E-state index is -3.81. The van der Waals surface area contributed by atoms with Gasteiger partial charge in [-0.2, -0.15) is 4.31 Å². The summed E-state index contributed by atoms with van der Waals surface area (Å²) in [5, 5.41) is 14.5. The first-order valence-electron chi connectivity index (χ1n) is 7.51. The third-order valence-electron chi connectivity index (χ3n) is 4.65. The first kappa shape index (κ1) is 16.6. The number of nitro benzene ring substituents is 1. The smallest absolute Gasteiger partial charge is 0.275 e. The molecule has 0 aliphatic carbocycles. The number of halogens is 1. The molecule has 2 aliphatic heterocycles. The third kappa shape index (κ3) is 2.84. The molecule has 2 atom stereocenters. The van der Waals surface area contributed by atoms with E-state index in [4.69, 9.17) is 11.6 Å². The summed E-state index contributed by atoms with van der Waals surface area (Å²) in [6, 6.07) is 2.27. The van der Waals surface area contributed by atoms with E-state index in [1.165, 1.54) is 17.3 Å². The molecule has 23 heavy (non-hydrogen) atoms. The normalized spacial score (nSPS) is 25.3. The molecule has 1 N–H and O–H groups in total. The Kier molecular flexibility index (Phi) is 4.35.